The largest absolute Gasteiger partial charge is 0.466 e. The van der Waals surface area contributed by atoms with E-state index in [1.807, 2.05) is 98.0 Å². The number of hydrogen-bond donors (Lipinski definition) is 0. The molecule has 37 heavy (non-hydrogen) atoms. The standard InChI is InChI=1S/C29H36O6S2/c1-4-32-24(31)18-29(28-36-16-11-17-37-28)26(23-14-9-6-10-15-23)35-25(20(2)34-21(3)30)27(29)33-19-22-12-7-5-8-13-22/h5-10,12-15,20,25-28H,4,11,16-19H2,1-3H3/t20-,25-,26-,27-,29-/m1/s1. The van der Waals surface area contributed by atoms with Gasteiger partial charge >= 0.3 is 11.9 Å². The van der Waals surface area contributed by atoms with E-state index >= 15 is 0 Å². The summed E-state index contributed by atoms with van der Waals surface area (Å²) < 4.78 is 24.8. The lowest BCUT2D eigenvalue weighted by molar-refractivity contribution is -0.159. The normalized spacial score (nSPS) is 26.9. The van der Waals surface area contributed by atoms with E-state index in [1.165, 1.54) is 6.92 Å². The second-order valence-corrected chi connectivity index (χ2v) is 12.2. The number of carbonyl (C=O) groups excluding carboxylic acids is 2. The lowest BCUT2D eigenvalue weighted by Gasteiger charge is -2.45. The van der Waals surface area contributed by atoms with Crippen LogP contribution in [-0.4, -0.2) is 52.9 Å². The van der Waals surface area contributed by atoms with Crippen molar-refractivity contribution in [1.82, 2.24) is 0 Å². The van der Waals surface area contributed by atoms with Crippen LogP contribution in [0.4, 0.5) is 0 Å². The van der Waals surface area contributed by atoms with Gasteiger partial charge in [-0.05, 0) is 42.9 Å². The molecule has 0 aromatic heterocycles. The second-order valence-electron chi connectivity index (χ2n) is 9.44. The van der Waals surface area contributed by atoms with Crippen LogP contribution in [-0.2, 0) is 35.1 Å². The first-order valence-electron chi connectivity index (χ1n) is 12.9. The average molecular weight is 545 g/mol. The molecule has 4 rings (SSSR count). The van der Waals surface area contributed by atoms with Crippen LogP contribution in [0.15, 0.2) is 60.7 Å². The van der Waals surface area contributed by atoms with Crippen molar-refractivity contribution in [3.8, 4) is 0 Å². The molecule has 2 aromatic rings. The molecule has 8 heteroatoms. The number of benzene rings is 2. The van der Waals surface area contributed by atoms with Gasteiger partial charge in [-0.1, -0.05) is 60.7 Å². The summed E-state index contributed by atoms with van der Waals surface area (Å²) in [4.78, 5) is 25.2. The zero-order chi connectivity index (χ0) is 26.3. The van der Waals surface area contributed by atoms with Crippen molar-refractivity contribution < 1.29 is 28.5 Å². The third kappa shape index (κ3) is 6.53. The molecule has 5 atom stereocenters. The highest BCUT2D eigenvalue weighted by molar-refractivity contribution is 8.17. The molecular formula is C29H36O6S2. The van der Waals surface area contributed by atoms with Crippen molar-refractivity contribution >= 4 is 35.5 Å². The molecule has 2 aliphatic rings. The van der Waals surface area contributed by atoms with E-state index < -0.39 is 29.8 Å². The zero-order valence-electron chi connectivity index (χ0n) is 21.7. The summed E-state index contributed by atoms with van der Waals surface area (Å²) in [6, 6.07) is 20.0. The Hall–Kier alpha value is -2.00. The second kappa shape index (κ2) is 13.2. The molecule has 2 fully saturated rings. The fourth-order valence-electron chi connectivity index (χ4n) is 5.32. The molecular weight excluding hydrogens is 508 g/mol. The van der Waals surface area contributed by atoms with Crippen LogP contribution in [0, 0.1) is 5.41 Å². The maximum atomic E-state index is 13.3. The minimum absolute atomic E-state index is 0.0335. The predicted octanol–water partition coefficient (Wildman–Crippen LogP) is 5.80. The van der Waals surface area contributed by atoms with Gasteiger partial charge in [-0.2, -0.15) is 0 Å². The number of hydrogen-bond acceptors (Lipinski definition) is 8. The number of esters is 2. The van der Waals surface area contributed by atoms with Crippen molar-refractivity contribution in [3.63, 3.8) is 0 Å². The van der Waals surface area contributed by atoms with E-state index in [0.29, 0.717) is 13.2 Å². The summed E-state index contributed by atoms with van der Waals surface area (Å²) in [6.07, 6.45) is -0.818. The first kappa shape index (κ1) is 28.0. The Labute approximate surface area is 228 Å². The quantitative estimate of drug-likeness (QED) is 0.348. The van der Waals surface area contributed by atoms with E-state index in [9.17, 15) is 9.59 Å². The Morgan fingerprint density at radius 3 is 2.32 bits per heavy atom. The molecule has 0 bridgehead atoms. The van der Waals surface area contributed by atoms with Crippen LogP contribution in [0.2, 0.25) is 0 Å². The van der Waals surface area contributed by atoms with E-state index in [2.05, 4.69) is 0 Å². The first-order chi connectivity index (χ1) is 18.0. The van der Waals surface area contributed by atoms with Crippen LogP contribution in [0.5, 0.6) is 0 Å². The molecule has 6 nitrogen and oxygen atoms in total. The van der Waals surface area contributed by atoms with Crippen LogP contribution >= 0.6 is 23.5 Å². The fourth-order valence-corrected chi connectivity index (χ4v) is 8.82. The highest BCUT2D eigenvalue weighted by Gasteiger charge is 2.64. The van der Waals surface area contributed by atoms with Gasteiger partial charge in [-0.3, -0.25) is 9.59 Å². The number of carbonyl (C=O) groups is 2. The number of rotatable bonds is 10. The van der Waals surface area contributed by atoms with Gasteiger partial charge in [0.1, 0.15) is 12.2 Å². The average Bonchev–Trinajstić information content (AvgIpc) is 3.23. The van der Waals surface area contributed by atoms with Crippen LogP contribution in [0.1, 0.15) is 50.8 Å². The molecule has 2 saturated heterocycles. The van der Waals surface area contributed by atoms with Gasteiger partial charge in [-0.25, -0.2) is 0 Å². The Balaban J connectivity index is 1.83. The number of ether oxygens (including phenoxy) is 4. The summed E-state index contributed by atoms with van der Waals surface area (Å²) >= 11 is 3.72. The number of thioether (sulfide) groups is 2. The van der Waals surface area contributed by atoms with Gasteiger partial charge in [0, 0.05) is 6.92 Å². The zero-order valence-corrected chi connectivity index (χ0v) is 23.3. The smallest absolute Gasteiger partial charge is 0.306 e. The molecule has 200 valence electrons. The SMILES string of the molecule is CCOC(=O)C[C@@]1(C2SCCCS2)[C@@H](c2ccccc2)O[C@H]([C@@H](C)OC(C)=O)[C@H]1OCc1ccccc1. The van der Waals surface area contributed by atoms with E-state index in [1.54, 1.807) is 0 Å². The van der Waals surface area contributed by atoms with Crippen molar-refractivity contribution in [3.05, 3.63) is 71.8 Å². The fraction of sp³-hybridized carbons (Fsp3) is 0.517. The lowest BCUT2D eigenvalue weighted by atomic mass is 9.73. The molecule has 2 aliphatic heterocycles. The Kier molecular flexibility index (Phi) is 9.98. The summed E-state index contributed by atoms with van der Waals surface area (Å²) in [6.45, 7) is 5.72. The lowest BCUT2D eigenvalue weighted by Crippen LogP contribution is -2.51. The van der Waals surface area contributed by atoms with Gasteiger partial charge in [-0.15, -0.1) is 23.5 Å². The maximum absolute atomic E-state index is 13.3. The van der Waals surface area contributed by atoms with Gasteiger partial charge in [0.25, 0.3) is 0 Å². The van der Waals surface area contributed by atoms with Crippen molar-refractivity contribution in [1.29, 1.82) is 0 Å². The third-order valence-electron chi connectivity index (χ3n) is 6.82. The Morgan fingerprint density at radius 2 is 1.70 bits per heavy atom. The third-order valence-corrected chi connectivity index (χ3v) is 10.2. The molecule has 2 aromatic carbocycles. The molecule has 0 N–H and O–H groups in total. The highest BCUT2D eigenvalue weighted by Crippen LogP contribution is 2.61. The molecule has 0 spiro atoms. The molecule has 0 amide bonds. The highest BCUT2D eigenvalue weighted by atomic mass is 32.2. The summed E-state index contributed by atoms with van der Waals surface area (Å²) in [5.74, 6) is 1.35. The predicted molar refractivity (Wildman–Crippen MR) is 147 cm³/mol. The van der Waals surface area contributed by atoms with Gasteiger partial charge in [0.05, 0.1) is 41.8 Å². The van der Waals surface area contributed by atoms with Crippen molar-refractivity contribution in [2.24, 2.45) is 5.41 Å². The van der Waals surface area contributed by atoms with E-state index in [0.717, 1.165) is 29.1 Å². The maximum Gasteiger partial charge on any atom is 0.306 e. The molecule has 0 unspecified atom stereocenters. The van der Waals surface area contributed by atoms with E-state index in [4.69, 9.17) is 18.9 Å². The summed E-state index contributed by atoms with van der Waals surface area (Å²) in [7, 11) is 0. The van der Waals surface area contributed by atoms with Gasteiger partial charge in [0.15, 0.2) is 0 Å². The minimum Gasteiger partial charge on any atom is -0.466 e. The topological polar surface area (TPSA) is 71.1 Å². The van der Waals surface area contributed by atoms with Crippen molar-refractivity contribution in [2.45, 2.75) is 69.2 Å². The van der Waals surface area contributed by atoms with Gasteiger partial charge < -0.3 is 18.9 Å². The molecule has 0 aliphatic carbocycles. The van der Waals surface area contributed by atoms with E-state index in [-0.39, 0.29) is 22.9 Å². The Bertz CT molecular complexity index is 1010. The van der Waals surface area contributed by atoms with Crippen LogP contribution < -0.4 is 0 Å². The van der Waals surface area contributed by atoms with Gasteiger partial charge in [0.2, 0.25) is 0 Å². The summed E-state index contributed by atoms with van der Waals surface area (Å²) in [5.41, 5.74) is 1.26. The monoisotopic (exact) mass is 544 g/mol. The molecule has 0 radical (unpaired) electrons. The summed E-state index contributed by atoms with van der Waals surface area (Å²) in [5, 5.41) is 0. The molecule has 0 saturated carbocycles. The molecule has 2 heterocycles. The van der Waals surface area contributed by atoms with Crippen LogP contribution in [0.25, 0.3) is 0 Å². The minimum atomic E-state index is -0.739. The Morgan fingerprint density at radius 1 is 1.05 bits per heavy atom. The van der Waals surface area contributed by atoms with Crippen LogP contribution in [0.3, 0.4) is 0 Å². The van der Waals surface area contributed by atoms with Crippen molar-refractivity contribution in [2.75, 3.05) is 18.1 Å². The first-order valence-corrected chi connectivity index (χ1v) is 15.0.